The highest BCUT2D eigenvalue weighted by molar-refractivity contribution is 7.92. The second-order valence-corrected chi connectivity index (χ2v) is 8.44. The molecule has 0 fully saturated rings. The number of carbonyl (C=O) groups is 1. The van der Waals surface area contributed by atoms with E-state index in [4.69, 9.17) is 0 Å². The van der Waals surface area contributed by atoms with Gasteiger partial charge < -0.3 is 10.6 Å². The molecule has 0 aliphatic carbocycles. The van der Waals surface area contributed by atoms with E-state index in [0.29, 0.717) is 12.1 Å². The van der Waals surface area contributed by atoms with Gasteiger partial charge in [-0.3, -0.25) is 9.52 Å². The van der Waals surface area contributed by atoms with Crippen LogP contribution in [0.25, 0.3) is 6.08 Å². The number of halogens is 5. The molecule has 3 N–H and O–H groups in total. The summed E-state index contributed by atoms with van der Waals surface area (Å²) in [5.41, 5.74) is -1.12. The van der Waals surface area contributed by atoms with E-state index in [1.54, 1.807) is 11.6 Å². The Kier molecular flexibility index (Phi) is 7.83. The molecule has 0 heterocycles. The maximum atomic E-state index is 14.0. The summed E-state index contributed by atoms with van der Waals surface area (Å²) in [6, 6.07) is 4.75. The Hall–Kier alpha value is -3.15. The zero-order valence-corrected chi connectivity index (χ0v) is 17.8. The third kappa shape index (κ3) is 7.22. The number of anilines is 2. The van der Waals surface area contributed by atoms with Gasteiger partial charge in [0.25, 0.3) is 0 Å². The molecule has 2 aromatic carbocycles. The lowest BCUT2D eigenvalue weighted by Crippen LogP contribution is -2.21. The number of rotatable bonds is 8. The normalized spacial score (nSPS) is 12.1. The molecule has 174 valence electrons. The fourth-order valence-electron chi connectivity index (χ4n) is 2.65. The first-order chi connectivity index (χ1) is 14.8. The predicted molar refractivity (Wildman–Crippen MR) is 111 cm³/mol. The van der Waals surface area contributed by atoms with E-state index in [9.17, 15) is 35.2 Å². The first kappa shape index (κ1) is 25.1. The first-order valence-corrected chi connectivity index (χ1v) is 11.1. The third-order valence-electron chi connectivity index (χ3n) is 4.02. The maximum absolute atomic E-state index is 14.0. The van der Waals surface area contributed by atoms with Crippen molar-refractivity contribution in [3.63, 3.8) is 0 Å². The molecule has 0 aliphatic rings. The van der Waals surface area contributed by atoms with Gasteiger partial charge in [0.2, 0.25) is 15.9 Å². The number of carbonyl (C=O) groups excluding carboxylic acids is 1. The van der Waals surface area contributed by atoms with Gasteiger partial charge >= 0.3 is 6.18 Å². The van der Waals surface area contributed by atoms with Crippen LogP contribution in [0.4, 0.5) is 33.3 Å². The van der Waals surface area contributed by atoms with Gasteiger partial charge in [-0.2, -0.15) is 13.2 Å². The van der Waals surface area contributed by atoms with Gasteiger partial charge in [0.1, 0.15) is 5.69 Å². The number of amides is 1. The quantitative estimate of drug-likeness (QED) is 0.395. The molecule has 0 spiro atoms. The van der Waals surface area contributed by atoms with Crippen LogP contribution >= 0.6 is 0 Å². The highest BCUT2D eigenvalue weighted by atomic mass is 32.2. The van der Waals surface area contributed by atoms with Gasteiger partial charge in [0.05, 0.1) is 11.8 Å². The van der Waals surface area contributed by atoms with Gasteiger partial charge in [-0.05, 0) is 48.4 Å². The average molecular weight is 477 g/mol. The van der Waals surface area contributed by atoms with Crippen molar-refractivity contribution in [2.24, 2.45) is 0 Å². The number of alkyl halides is 3. The van der Waals surface area contributed by atoms with Crippen molar-refractivity contribution in [1.29, 1.82) is 0 Å². The third-order valence-corrected chi connectivity index (χ3v) is 4.59. The van der Waals surface area contributed by atoms with E-state index in [0.717, 1.165) is 36.6 Å². The summed E-state index contributed by atoms with van der Waals surface area (Å²) in [7, 11) is -3.89. The molecule has 2 aromatic rings. The Bertz CT molecular complexity index is 1110. The Morgan fingerprint density at radius 1 is 1.09 bits per heavy atom. The Morgan fingerprint density at radius 3 is 2.25 bits per heavy atom. The first-order valence-electron chi connectivity index (χ1n) is 9.17. The van der Waals surface area contributed by atoms with Gasteiger partial charge in [-0.1, -0.05) is 6.07 Å². The van der Waals surface area contributed by atoms with Crippen molar-refractivity contribution in [2.45, 2.75) is 19.6 Å². The molecule has 2 rings (SSSR count). The molecule has 0 saturated carbocycles. The van der Waals surface area contributed by atoms with Crippen molar-refractivity contribution in [3.05, 3.63) is 64.7 Å². The second-order valence-electron chi connectivity index (χ2n) is 6.69. The number of sulfonamides is 1. The molecule has 32 heavy (non-hydrogen) atoms. The average Bonchev–Trinajstić information content (AvgIpc) is 2.67. The van der Waals surface area contributed by atoms with Crippen molar-refractivity contribution < 1.29 is 35.2 Å². The summed E-state index contributed by atoms with van der Waals surface area (Å²) in [5, 5.41) is 5.17. The number of nitrogens with one attached hydrogen (secondary N) is 3. The highest BCUT2D eigenvalue weighted by Gasteiger charge is 2.30. The Morgan fingerprint density at radius 2 is 1.72 bits per heavy atom. The minimum absolute atomic E-state index is 0.0312. The van der Waals surface area contributed by atoms with Crippen LogP contribution in [0.1, 0.15) is 23.6 Å². The van der Waals surface area contributed by atoms with Crippen LogP contribution < -0.4 is 15.4 Å². The smallest absolute Gasteiger partial charge is 0.385 e. The van der Waals surface area contributed by atoms with Crippen LogP contribution in [-0.2, 0) is 27.5 Å². The topological polar surface area (TPSA) is 87.3 Å². The van der Waals surface area contributed by atoms with Crippen molar-refractivity contribution >= 4 is 33.4 Å². The summed E-state index contributed by atoms with van der Waals surface area (Å²) < 4.78 is 90.7. The highest BCUT2D eigenvalue weighted by Crippen LogP contribution is 2.32. The summed E-state index contributed by atoms with van der Waals surface area (Å²) in [6.07, 6.45) is -1.41. The zero-order chi connectivity index (χ0) is 24.1. The molecule has 0 radical (unpaired) electrons. The van der Waals surface area contributed by atoms with E-state index in [1.807, 2.05) is 0 Å². The largest absolute Gasteiger partial charge is 0.416 e. The summed E-state index contributed by atoms with van der Waals surface area (Å²) >= 11 is 0. The van der Waals surface area contributed by atoms with Crippen molar-refractivity contribution in [1.82, 2.24) is 5.32 Å². The monoisotopic (exact) mass is 477 g/mol. The van der Waals surface area contributed by atoms with Gasteiger partial charge in [-0.25, -0.2) is 17.2 Å². The molecule has 0 aliphatic heterocycles. The molecular formula is C20H20F5N3O3S. The predicted octanol–water partition coefficient (Wildman–Crippen LogP) is 4.12. The molecular weight excluding hydrogens is 457 g/mol. The fourth-order valence-corrected chi connectivity index (χ4v) is 3.21. The minimum Gasteiger partial charge on any atom is -0.385 e. The van der Waals surface area contributed by atoms with Gasteiger partial charge in [0.15, 0.2) is 11.6 Å². The number of benzene rings is 2. The molecule has 6 nitrogen and oxygen atoms in total. The van der Waals surface area contributed by atoms with Crippen LogP contribution in [-0.4, -0.2) is 27.1 Å². The van der Waals surface area contributed by atoms with Crippen LogP contribution in [0, 0.1) is 11.6 Å². The minimum atomic E-state index is -4.51. The number of hydrogen-bond acceptors (Lipinski definition) is 4. The van der Waals surface area contributed by atoms with E-state index in [2.05, 4.69) is 10.6 Å². The molecule has 0 aromatic heterocycles. The van der Waals surface area contributed by atoms with E-state index < -0.39 is 45.0 Å². The zero-order valence-electron chi connectivity index (χ0n) is 17.0. The molecule has 0 bridgehead atoms. The van der Waals surface area contributed by atoms with Crippen LogP contribution in [0.3, 0.4) is 0 Å². The molecule has 0 atom stereocenters. The lowest BCUT2D eigenvalue weighted by atomic mass is 10.1. The summed E-state index contributed by atoms with van der Waals surface area (Å²) in [6.45, 7) is 1.79. The van der Waals surface area contributed by atoms with Crippen LogP contribution in [0.5, 0.6) is 0 Å². The van der Waals surface area contributed by atoms with E-state index in [-0.39, 0.29) is 17.8 Å². The standard InChI is InChI=1S/C20H20F5N3O3S/c1-3-26-17-10-14(20(23,24)25)6-4-13(17)5-7-18(29)27-11-12-8-15(21)19(16(22)9-12)28-32(2,30)31/h4-10,26,28H,3,11H2,1-2H3,(H,27,29)/b7-5+. The molecule has 12 heteroatoms. The molecule has 1 amide bonds. The van der Waals surface area contributed by atoms with Crippen molar-refractivity contribution in [2.75, 3.05) is 22.8 Å². The van der Waals surface area contributed by atoms with Gasteiger partial charge in [0, 0.05) is 24.9 Å². The summed E-state index contributed by atoms with van der Waals surface area (Å²) in [4.78, 5) is 12.0. The SMILES string of the molecule is CCNc1cc(C(F)(F)F)ccc1/C=C/C(=O)NCc1cc(F)c(NS(C)(=O)=O)c(F)c1. The molecule has 0 saturated heterocycles. The Labute approximate surface area is 181 Å². The fraction of sp³-hybridized carbons (Fsp3) is 0.250. The second kappa shape index (κ2) is 9.98. The van der Waals surface area contributed by atoms with Crippen molar-refractivity contribution in [3.8, 4) is 0 Å². The lowest BCUT2D eigenvalue weighted by molar-refractivity contribution is -0.137. The summed E-state index contributed by atoms with van der Waals surface area (Å²) in [5.74, 6) is -2.97. The van der Waals surface area contributed by atoms with Crippen LogP contribution in [0.15, 0.2) is 36.4 Å². The Balaban J connectivity index is 2.10. The molecule has 0 unspecified atom stereocenters. The number of hydrogen-bond donors (Lipinski definition) is 3. The maximum Gasteiger partial charge on any atom is 0.416 e. The van der Waals surface area contributed by atoms with Gasteiger partial charge in [-0.15, -0.1) is 0 Å². The lowest BCUT2D eigenvalue weighted by Gasteiger charge is -2.12. The van der Waals surface area contributed by atoms with E-state index in [1.165, 1.54) is 12.1 Å². The van der Waals surface area contributed by atoms with E-state index >= 15 is 0 Å². The van der Waals surface area contributed by atoms with Crippen LogP contribution in [0.2, 0.25) is 0 Å².